The van der Waals surface area contributed by atoms with Crippen LogP contribution in [0.4, 0.5) is 13.2 Å². The number of rotatable bonds is 2. The molecule has 1 unspecified atom stereocenters. The van der Waals surface area contributed by atoms with Crippen molar-refractivity contribution in [2.45, 2.75) is 25.7 Å². The third-order valence-electron chi connectivity index (χ3n) is 2.62. The molecule has 1 atom stereocenters. The number of aliphatic hydroxyl groups excluding tert-OH is 1. The van der Waals surface area contributed by atoms with Gasteiger partial charge in [0.05, 0.1) is 35.4 Å². The summed E-state index contributed by atoms with van der Waals surface area (Å²) in [4.78, 5) is 15.7. The minimum Gasteiger partial charge on any atom is -0.392 e. The Morgan fingerprint density at radius 3 is 2.68 bits per heavy atom. The summed E-state index contributed by atoms with van der Waals surface area (Å²) in [6.07, 6.45) is -4.33. The SMILES string of the molecule is CC(O)Cn1cnc2c(C(F)(F)F)cccc2c1=O. The van der Waals surface area contributed by atoms with Gasteiger partial charge in [-0.1, -0.05) is 6.07 Å². The number of hydrogen-bond donors (Lipinski definition) is 1. The fourth-order valence-corrected chi connectivity index (χ4v) is 1.83. The summed E-state index contributed by atoms with van der Waals surface area (Å²) < 4.78 is 39.4. The zero-order valence-electron chi connectivity index (χ0n) is 9.98. The van der Waals surface area contributed by atoms with Gasteiger partial charge >= 0.3 is 6.18 Å². The van der Waals surface area contributed by atoms with Crippen LogP contribution < -0.4 is 5.56 Å². The van der Waals surface area contributed by atoms with Crippen LogP contribution in [0.25, 0.3) is 10.9 Å². The van der Waals surface area contributed by atoms with Crippen molar-refractivity contribution in [2.24, 2.45) is 0 Å². The Kier molecular flexibility index (Phi) is 3.32. The first kappa shape index (κ1) is 13.5. The standard InChI is InChI=1S/C12H11F3N2O2/c1-7(18)5-17-6-16-10-8(11(17)19)3-2-4-9(10)12(13,14)15/h2-4,6-7,18H,5H2,1H3. The molecule has 0 amide bonds. The van der Waals surface area contributed by atoms with Gasteiger partial charge in [0.25, 0.3) is 5.56 Å². The first-order valence-corrected chi connectivity index (χ1v) is 5.54. The molecule has 4 nitrogen and oxygen atoms in total. The average molecular weight is 272 g/mol. The maximum atomic E-state index is 12.8. The van der Waals surface area contributed by atoms with E-state index in [0.29, 0.717) is 0 Å². The van der Waals surface area contributed by atoms with E-state index in [2.05, 4.69) is 4.98 Å². The largest absolute Gasteiger partial charge is 0.418 e. The molecule has 0 saturated carbocycles. The molecular weight excluding hydrogens is 261 g/mol. The first-order chi connectivity index (χ1) is 8.80. The molecule has 0 aliphatic rings. The molecule has 0 aliphatic carbocycles. The molecule has 0 aliphatic heterocycles. The van der Waals surface area contributed by atoms with Crippen molar-refractivity contribution in [3.63, 3.8) is 0 Å². The van der Waals surface area contributed by atoms with Crippen molar-refractivity contribution in [3.05, 3.63) is 40.4 Å². The number of hydrogen-bond acceptors (Lipinski definition) is 3. The quantitative estimate of drug-likeness (QED) is 0.907. The number of halogens is 3. The molecule has 0 saturated heterocycles. The smallest absolute Gasteiger partial charge is 0.392 e. The molecule has 19 heavy (non-hydrogen) atoms. The molecule has 1 N–H and O–H groups in total. The van der Waals surface area contributed by atoms with Crippen LogP contribution in [0.15, 0.2) is 29.3 Å². The molecule has 2 aromatic rings. The Morgan fingerprint density at radius 2 is 2.11 bits per heavy atom. The second-order valence-corrected chi connectivity index (χ2v) is 4.25. The Balaban J connectivity index is 2.69. The molecule has 1 aromatic heterocycles. The summed E-state index contributed by atoms with van der Waals surface area (Å²) >= 11 is 0. The van der Waals surface area contributed by atoms with Crippen molar-refractivity contribution >= 4 is 10.9 Å². The van der Waals surface area contributed by atoms with E-state index in [1.165, 1.54) is 19.1 Å². The summed E-state index contributed by atoms with van der Waals surface area (Å²) in [6.45, 7) is 1.46. The van der Waals surface area contributed by atoms with Crippen molar-refractivity contribution in [2.75, 3.05) is 0 Å². The second kappa shape index (κ2) is 4.65. The van der Waals surface area contributed by atoms with E-state index in [1.54, 1.807) is 0 Å². The van der Waals surface area contributed by atoms with Gasteiger partial charge in [-0.15, -0.1) is 0 Å². The number of aliphatic hydroxyl groups is 1. The lowest BCUT2D eigenvalue weighted by Gasteiger charge is -2.12. The van der Waals surface area contributed by atoms with Crippen LogP contribution in [0.5, 0.6) is 0 Å². The first-order valence-electron chi connectivity index (χ1n) is 5.54. The summed E-state index contributed by atoms with van der Waals surface area (Å²) in [6, 6.07) is 3.34. The highest BCUT2D eigenvalue weighted by atomic mass is 19.4. The number of fused-ring (bicyclic) bond motifs is 1. The van der Waals surface area contributed by atoms with Crippen molar-refractivity contribution in [3.8, 4) is 0 Å². The van der Waals surface area contributed by atoms with Crippen LogP contribution >= 0.6 is 0 Å². The van der Waals surface area contributed by atoms with Crippen molar-refractivity contribution in [1.82, 2.24) is 9.55 Å². The number of nitrogens with zero attached hydrogens (tertiary/aromatic N) is 2. The van der Waals surface area contributed by atoms with Gasteiger partial charge in [-0.25, -0.2) is 4.98 Å². The predicted octanol–water partition coefficient (Wildman–Crippen LogP) is 1.80. The van der Waals surface area contributed by atoms with Crippen LogP contribution in [-0.4, -0.2) is 20.8 Å². The number of benzene rings is 1. The van der Waals surface area contributed by atoms with Gasteiger partial charge in [-0.2, -0.15) is 13.2 Å². The maximum Gasteiger partial charge on any atom is 0.418 e. The summed E-state index contributed by atoms with van der Waals surface area (Å²) in [5, 5.41) is 9.11. The number of alkyl halides is 3. The van der Waals surface area contributed by atoms with Gasteiger partial charge in [0.2, 0.25) is 0 Å². The van der Waals surface area contributed by atoms with Gasteiger partial charge in [0.15, 0.2) is 0 Å². The van der Waals surface area contributed by atoms with E-state index in [9.17, 15) is 23.1 Å². The Hall–Kier alpha value is -1.89. The molecule has 0 radical (unpaired) electrons. The highest BCUT2D eigenvalue weighted by Crippen LogP contribution is 2.32. The maximum absolute atomic E-state index is 12.8. The number of para-hydroxylation sites is 1. The summed E-state index contributed by atoms with van der Waals surface area (Å²) in [5.41, 5.74) is -1.91. The van der Waals surface area contributed by atoms with E-state index < -0.39 is 23.4 Å². The fourth-order valence-electron chi connectivity index (χ4n) is 1.83. The lowest BCUT2D eigenvalue weighted by Crippen LogP contribution is -2.26. The van der Waals surface area contributed by atoms with Gasteiger partial charge in [-0.05, 0) is 19.1 Å². The van der Waals surface area contributed by atoms with Gasteiger partial charge in [0, 0.05) is 0 Å². The van der Waals surface area contributed by atoms with Crippen molar-refractivity contribution in [1.29, 1.82) is 0 Å². The van der Waals surface area contributed by atoms with Crippen LogP contribution in [0.3, 0.4) is 0 Å². The van der Waals surface area contributed by atoms with Gasteiger partial charge < -0.3 is 5.11 Å². The monoisotopic (exact) mass is 272 g/mol. The Morgan fingerprint density at radius 1 is 1.42 bits per heavy atom. The van der Waals surface area contributed by atoms with Gasteiger partial charge in [0.1, 0.15) is 0 Å². The molecule has 0 spiro atoms. The zero-order valence-corrected chi connectivity index (χ0v) is 9.98. The van der Waals surface area contributed by atoms with E-state index in [1.807, 2.05) is 0 Å². The molecular formula is C12H11F3N2O2. The molecule has 1 heterocycles. The van der Waals surface area contributed by atoms with Crippen LogP contribution in [0.1, 0.15) is 12.5 Å². The average Bonchev–Trinajstić information content (AvgIpc) is 2.30. The Labute approximate surface area is 106 Å². The molecule has 1 aromatic carbocycles. The summed E-state index contributed by atoms with van der Waals surface area (Å²) in [5.74, 6) is 0. The third-order valence-corrected chi connectivity index (χ3v) is 2.62. The zero-order chi connectivity index (χ0) is 14.2. The van der Waals surface area contributed by atoms with E-state index in [-0.39, 0.29) is 17.4 Å². The predicted molar refractivity (Wildman–Crippen MR) is 62.7 cm³/mol. The molecule has 2 rings (SSSR count). The fraction of sp³-hybridized carbons (Fsp3) is 0.333. The molecule has 7 heteroatoms. The molecule has 0 bridgehead atoms. The second-order valence-electron chi connectivity index (χ2n) is 4.25. The normalized spacial score (nSPS) is 13.7. The minimum absolute atomic E-state index is 0.0159. The van der Waals surface area contributed by atoms with E-state index in [0.717, 1.165) is 17.0 Å². The minimum atomic E-state index is -4.56. The van der Waals surface area contributed by atoms with Crippen LogP contribution in [0, 0.1) is 0 Å². The summed E-state index contributed by atoms with van der Waals surface area (Å²) in [7, 11) is 0. The van der Waals surface area contributed by atoms with Crippen LogP contribution in [-0.2, 0) is 12.7 Å². The topological polar surface area (TPSA) is 55.1 Å². The third kappa shape index (κ3) is 2.60. The van der Waals surface area contributed by atoms with E-state index >= 15 is 0 Å². The van der Waals surface area contributed by atoms with E-state index in [4.69, 9.17) is 0 Å². The number of aromatic nitrogens is 2. The van der Waals surface area contributed by atoms with Crippen molar-refractivity contribution < 1.29 is 18.3 Å². The molecule has 102 valence electrons. The highest BCUT2D eigenvalue weighted by Gasteiger charge is 2.33. The van der Waals surface area contributed by atoms with Crippen LogP contribution in [0.2, 0.25) is 0 Å². The van der Waals surface area contributed by atoms with Gasteiger partial charge in [-0.3, -0.25) is 9.36 Å². The Bertz CT molecular complexity index is 662. The lowest BCUT2D eigenvalue weighted by molar-refractivity contribution is -0.136. The lowest BCUT2D eigenvalue weighted by atomic mass is 10.1. The molecule has 0 fully saturated rings. The highest BCUT2D eigenvalue weighted by molar-refractivity contribution is 5.81.